The number of nitrogens with one attached hydrogen (secondary N) is 1. The summed E-state index contributed by atoms with van der Waals surface area (Å²) in [5.41, 5.74) is -0.155. The first-order valence-electron chi connectivity index (χ1n) is 10.2. The van der Waals surface area contributed by atoms with Crippen molar-refractivity contribution in [2.45, 2.75) is 37.8 Å². The van der Waals surface area contributed by atoms with E-state index in [0.717, 1.165) is 38.8 Å². The molecule has 2 aliphatic heterocycles. The predicted molar refractivity (Wildman–Crippen MR) is 110 cm³/mol. The third-order valence-electron chi connectivity index (χ3n) is 6.49. The normalized spacial score (nSPS) is 23.2. The lowest BCUT2D eigenvalue weighted by Gasteiger charge is -2.25. The lowest BCUT2D eigenvalue weighted by Crippen LogP contribution is -2.40. The molecule has 0 bridgehead atoms. The number of carboxylic acid groups (broad SMARTS) is 1. The van der Waals surface area contributed by atoms with Crippen LogP contribution in [0.4, 0.5) is 10.1 Å². The Balaban J connectivity index is 0.00000218. The molecule has 30 heavy (non-hydrogen) atoms. The lowest BCUT2D eigenvalue weighted by molar-refractivity contribution is 0.0694. The number of fused-ring (bicyclic) bond motifs is 2. The number of benzene rings is 1. The Morgan fingerprint density at radius 2 is 2.07 bits per heavy atom. The molecule has 2 aromatic rings. The molecule has 3 aliphatic rings. The smallest absolute Gasteiger partial charge is 0.341 e. The van der Waals surface area contributed by atoms with Crippen molar-refractivity contribution in [2.75, 3.05) is 31.6 Å². The fraction of sp³-hybridized carbons (Fsp3) is 0.524. The van der Waals surface area contributed by atoms with Crippen LogP contribution in [0.25, 0.3) is 10.9 Å². The van der Waals surface area contributed by atoms with Crippen LogP contribution in [-0.4, -0.2) is 53.9 Å². The van der Waals surface area contributed by atoms with Crippen molar-refractivity contribution in [2.24, 2.45) is 5.92 Å². The van der Waals surface area contributed by atoms with Crippen molar-refractivity contribution in [1.29, 1.82) is 0 Å². The topological polar surface area (TPSA) is 115 Å². The summed E-state index contributed by atoms with van der Waals surface area (Å²) in [5.74, 6) is -1.07. The molecule has 3 fully saturated rings. The number of anilines is 1. The Hall–Kier alpha value is -2.65. The molecular weight excluding hydrogens is 393 g/mol. The van der Waals surface area contributed by atoms with Crippen molar-refractivity contribution < 1.29 is 24.5 Å². The Kier molecular flexibility index (Phi) is 5.19. The van der Waals surface area contributed by atoms with E-state index in [0.29, 0.717) is 35.5 Å². The Labute approximate surface area is 172 Å². The number of methoxy groups -OCH3 is 1. The molecular formula is C21H26FN3O5. The molecule has 4 N–H and O–H groups in total. The fourth-order valence-corrected chi connectivity index (χ4v) is 4.95. The van der Waals surface area contributed by atoms with E-state index < -0.39 is 17.2 Å². The van der Waals surface area contributed by atoms with Crippen molar-refractivity contribution in [3.8, 4) is 5.75 Å². The van der Waals surface area contributed by atoms with Crippen LogP contribution in [0.15, 0.2) is 17.1 Å². The first-order chi connectivity index (χ1) is 14.0. The highest BCUT2D eigenvalue weighted by molar-refractivity contribution is 5.97. The molecule has 1 aromatic heterocycles. The maximum atomic E-state index is 15.3. The van der Waals surface area contributed by atoms with Gasteiger partial charge < -0.3 is 30.1 Å². The minimum Gasteiger partial charge on any atom is -0.492 e. The predicted octanol–water partition coefficient (Wildman–Crippen LogP) is 1.55. The number of hydrogen-bond donors (Lipinski definition) is 2. The number of nitrogens with zero attached hydrogens (tertiary/aromatic N) is 2. The highest BCUT2D eigenvalue weighted by Crippen LogP contribution is 2.45. The van der Waals surface area contributed by atoms with E-state index in [1.165, 1.54) is 19.4 Å². The quantitative estimate of drug-likeness (QED) is 0.777. The van der Waals surface area contributed by atoms with Gasteiger partial charge in [-0.05, 0) is 44.2 Å². The van der Waals surface area contributed by atoms with Gasteiger partial charge in [0, 0.05) is 31.4 Å². The number of rotatable bonds is 4. The molecule has 1 aromatic carbocycles. The zero-order chi connectivity index (χ0) is 20.3. The number of ether oxygens (including phenoxy) is 1. The molecule has 1 saturated carbocycles. The number of aromatic nitrogens is 1. The van der Waals surface area contributed by atoms with E-state index >= 15 is 4.39 Å². The summed E-state index contributed by atoms with van der Waals surface area (Å²) in [6, 6.07) is 1.62. The van der Waals surface area contributed by atoms with Gasteiger partial charge in [0.05, 0.1) is 18.0 Å². The fourth-order valence-electron chi connectivity index (χ4n) is 4.95. The van der Waals surface area contributed by atoms with Crippen molar-refractivity contribution >= 4 is 22.6 Å². The molecule has 9 heteroatoms. The second-order valence-electron chi connectivity index (χ2n) is 8.32. The van der Waals surface area contributed by atoms with E-state index in [9.17, 15) is 14.7 Å². The Morgan fingerprint density at radius 1 is 1.30 bits per heavy atom. The Morgan fingerprint density at radius 3 is 2.70 bits per heavy atom. The van der Waals surface area contributed by atoms with Crippen LogP contribution < -0.4 is 20.4 Å². The molecule has 8 nitrogen and oxygen atoms in total. The molecule has 2 atom stereocenters. The van der Waals surface area contributed by atoms with Crippen LogP contribution in [0.3, 0.4) is 0 Å². The third-order valence-corrected chi connectivity index (χ3v) is 6.49. The van der Waals surface area contributed by atoms with E-state index in [1.807, 2.05) is 4.90 Å². The monoisotopic (exact) mass is 419 g/mol. The standard InChI is InChI=1S/C21H24FN3O4.H2O/c1-29-20-17-13(19(26)14(21(27)28)9-25(17)12-4-5-12)7-15(22)18(20)24-8-11-3-2-6-23-16(11)10-24;/h7,9,11-12,16,23H,2-6,8,10H2,1H3,(H,27,28);1H2/t11-,16+;/m0./s1. The summed E-state index contributed by atoms with van der Waals surface area (Å²) < 4.78 is 22.8. The number of pyridine rings is 1. The summed E-state index contributed by atoms with van der Waals surface area (Å²) >= 11 is 0. The van der Waals surface area contributed by atoms with E-state index in [2.05, 4.69) is 5.32 Å². The molecule has 0 spiro atoms. The number of hydrogen-bond acceptors (Lipinski definition) is 5. The highest BCUT2D eigenvalue weighted by atomic mass is 19.1. The summed E-state index contributed by atoms with van der Waals surface area (Å²) in [7, 11) is 1.48. The number of piperidine rings is 1. The maximum absolute atomic E-state index is 15.3. The molecule has 5 rings (SSSR count). The zero-order valence-electron chi connectivity index (χ0n) is 16.8. The second-order valence-corrected chi connectivity index (χ2v) is 8.32. The number of carbonyl (C=O) groups is 1. The van der Waals surface area contributed by atoms with E-state index in [1.54, 1.807) is 4.57 Å². The second kappa shape index (κ2) is 7.55. The van der Waals surface area contributed by atoms with Crippen LogP contribution in [0, 0.1) is 11.7 Å². The minimum absolute atomic E-state index is 0. The van der Waals surface area contributed by atoms with Gasteiger partial charge in [-0.25, -0.2) is 9.18 Å². The van der Waals surface area contributed by atoms with Gasteiger partial charge in [0.25, 0.3) is 0 Å². The van der Waals surface area contributed by atoms with Crippen LogP contribution in [0.2, 0.25) is 0 Å². The van der Waals surface area contributed by atoms with Crippen LogP contribution >= 0.6 is 0 Å². The van der Waals surface area contributed by atoms with Gasteiger partial charge in [-0.3, -0.25) is 4.79 Å². The first kappa shape index (κ1) is 20.6. The van der Waals surface area contributed by atoms with Crippen LogP contribution in [0.5, 0.6) is 5.75 Å². The molecule has 0 amide bonds. The molecule has 1 aliphatic carbocycles. The number of aromatic carboxylic acids is 1. The van der Waals surface area contributed by atoms with Gasteiger partial charge in [0.15, 0.2) is 11.6 Å². The molecule has 3 heterocycles. The third kappa shape index (κ3) is 3.13. The highest BCUT2D eigenvalue weighted by Gasteiger charge is 2.38. The van der Waals surface area contributed by atoms with Crippen molar-refractivity contribution in [3.63, 3.8) is 0 Å². The summed E-state index contributed by atoms with van der Waals surface area (Å²) in [6.45, 7) is 2.40. The minimum atomic E-state index is -1.30. The first-order valence-corrected chi connectivity index (χ1v) is 10.2. The summed E-state index contributed by atoms with van der Waals surface area (Å²) in [4.78, 5) is 26.4. The number of carboxylic acids is 1. The van der Waals surface area contributed by atoms with Crippen LogP contribution in [0.1, 0.15) is 42.1 Å². The summed E-state index contributed by atoms with van der Waals surface area (Å²) in [5, 5.41) is 13.0. The molecule has 0 unspecified atom stereocenters. The SMILES string of the molecule is COc1c(N2C[C@@H]3CCCN[C@@H]3C2)c(F)cc2c(=O)c(C(=O)O)cn(C3CC3)c12.O. The summed E-state index contributed by atoms with van der Waals surface area (Å²) in [6.07, 6.45) is 5.40. The lowest BCUT2D eigenvalue weighted by atomic mass is 9.94. The van der Waals surface area contributed by atoms with Gasteiger partial charge in [0.2, 0.25) is 5.43 Å². The molecule has 162 valence electrons. The molecule has 2 saturated heterocycles. The van der Waals surface area contributed by atoms with Gasteiger partial charge >= 0.3 is 5.97 Å². The van der Waals surface area contributed by atoms with Crippen LogP contribution in [-0.2, 0) is 0 Å². The van der Waals surface area contributed by atoms with Gasteiger partial charge in [-0.2, -0.15) is 0 Å². The average Bonchev–Trinajstić information content (AvgIpc) is 3.45. The Bertz CT molecular complexity index is 1050. The molecule has 0 radical (unpaired) electrons. The largest absolute Gasteiger partial charge is 0.492 e. The van der Waals surface area contributed by atoms with E-state index in [-0.39, 0.29) is 22.5 Å². The maximum Gasteiger partial charge on any atom is 0.341 e. The van der Waals surface area contributed by atoms with E-state index in [4.69, 9.17) is 4.74 Å². The van der Waals surface area contributed by atoms with Gasteiger partial charge in [-0.15, -0.1) is 0 Å². The zero-order valence-corrected chi connectivity index (χ0v) is 16.8. The van der Waals surface area contributed by atoms with Gasteiger partial charge in [0.1, 0.15) is 11.3 Å². The average molecular weight is 419 g/mol. The number of halogens is 1. The van der Waals surface area contributed by atoms with Crippen molar-refractivity contribution in [1.82, 2.24) is 9.88 Å². The van der Waals surface area contributed by atoms with Crippen molar-refractivity contribution in [3.05, 3.63) is 33.9 Å². The van der Waals surface area contributed by atoms with Gasteiger partial charge in [-0.1, -0.05) is 0 Å².